The number of carbonyl (C=O) groups is 1. The third-order valence-electron chi connectivity index (χ3n) is 4.62. The van der Waals surface area contributed by atoms with Crippen molar-refractivity contribution in [3.05, 3.63) is 35.8 Å². The molecule has 0 bridgehead atoms. The molecule has 2 rings (SSSR count). The number of ether oxygens (including phenoxy) is 1. The summed E-state index contributed by atoms with van der Waals surface area (Å²) in [6.45, 7) is -1.21. The van der Waals surface area contributed by atoms with Gasteiger partial charge in [-0.3, -0.25) is 4.90 Å². The first-order valence-corrected chi connectivity index (χ1v) is 8.96. The van der Waals surface area contributed by atoms with Gasteiger partial charge in [-0.1, -0.05) is 75.2 Å². The highest BCUT2D eigenvalue weighted by atomic mass is 16.5. The highest BCUT2D eigenvalue weighted by molar-refractivity contribution is 5.81. The summed E-state index contributed by atoms with van der Waals surface area (Å²) >= 11 is 0. The van der Waals surface area contributed by atoms with E-state index in [1.165, 1.54) is 4.90 Å². The van der Waals surface area contributed by atoms with E-state index in [4.69, 9.17) is 17.1 Å². The molecule has 1 fully saturated rings. The fourth-order valence-electron chi connectivity index (χ4n) is 3.10. The quantitative estimate of drug-likeness (QED) is 0.594. The fourth-order valence-corrected chi connectivity index (χ4v) is 3.10. The van der Waals surface area contributed by atoms with Crippen molar-refractivity contribution in [1.82, 2.24) is 4.90 Å². The zero-order chi connectivity index (χ0) is 26.8. The van der Waals surface area contributed by atoms with Gasteiger partial charge in [0.05, 0.1) is 18.8 Å². The van der Waals surface area contributed by atoms with Crippen molar-refractivity contribution in [2.45, 2.75) is 51.6 Å². The van der Waals surface area contributed by atoms with Crippen molar-refractivity contribution in [2.75, 3.05) is 26.1 Å². The summed E-state index contributed by atoms with van der Waals surface area (Å²) in [5, 5.41) is 11.7. The molecule has 0 amide bonds. The second-order valence-electron chi connectivity index (χ2n) is 6.13. The topological polar surface area (TPSA) is 49.8 Å². The maximum absolute atomic E-state index is 13.3. The zero-order valence-corrected chi connectivity index (χ0v) is 15.2. The summed E-state index contributed by atoms with van der Waals surface area (Å²) in [5.74, 6) is 1.71. The van der Waals surface area contributed by atoms with Crippen molar-refractivity contribution in [3.8, 4) is 11.8 Å². The Labute approximate surface area is 170 Å². The van der Waals surface area contributed by atoms with Crippen LogP contribution in [0.15, 0.2) is 30.2 Å². The molecule has 0 heterocycles. The molecule has 0 spiro atoms. The average molecular weight is 367 g/mol. The second kappa shape index (κ2) is 10.4. The molecule has 1 aliphatic rings. The molecule has 0 aromatic heterocycles. The second-order valence-corrected chi connectivity index (χ2v) is 6.13. The Bertz CT molecular complexity index is 983. The van der Waals surface area contributed by atoms with Crippen LogP contribution < -0.4 is 0 Å². The number of hydrogen-bond acceptors (Lipinski definition) is 4. The first kappa shape index (κ1) is 11.1. The summed E-state index contributed by atoms with van der Waals surface area (Å²) in [4.78, 5) is 14.7. The number of aliphatic hydroxyl groups is 1. The predicted octanol–water partition coefficient (Wildman–Crippen LogP) is 3.34. The zero-order valence-electron chi connectivity index (χ0n) is 24.2. The fraction of sp³-hybridized carbons (Fsp3) is 0.591. The van der Waals surface area contributed by atoms with Crippen LogP contribution in [0.5, 0.6) is 0 Å². The molecule has 1 aromatic carbocycles. The molecule has 1 N–H and O–H groups in total. The lowest BCUT2D eigenvalue weighted by atomic mass is 9.73. The van der Waals surface area contributed by atoms with Gasteiger partial charge in [-0.25, -0.2) is 4.79 Å². The molecule has 4 heteroatoms. The van der Waals surface area contributed by atoms with Gasteiger partial charge in [-0.05, 0) is 31.5 Å². The third kappa shape index (κ3) is 5.09. The van der Waals surface area contributed by atoms with E-state index < -0.39 is 66.3 Å². The molecule has 0 radical (unpaired) electrons. The van der Waals surface area contributed by atoms with Gasteiger partial charge in [-0.15, -0.1) is 0 Å². The molecule has 142 valence electrons. The van der Waals surface area contributed by atoms with Crippen LogP contribution in [0.2, 0.25) is 0 Å². The molecule has 1 saturated carbocycles. The normalized spacial score (nSPS) is 23.3. The highest BCUT2D eigenvalue weighted by Crippen LogP contribution is 2.40. The number of benzene rings is 1. The Morgan fingerprint density at radius 3 is 2.54 bits per heavy atom. The van der Waals surface area contributed by atoms with Gasteiger partial charge >= 0.3 is 5.97 Å². The van der Waals surface area contributed by atoms with Gasteiger partial charge < -0.3 is 9.84 Å². The third-order valence-corrected chi connectivity index (χ3v) is 4.62. The van der Waals surface area contributed by atoms with Crippen LogP contribution in [0.3, 0.4) is 0 Å². The minimum absolute atomic E-state index is 0.299. The number of rotatable bonds is 7. The predicted molar refractivity (Wildman–Crippen MR) is 103 cm³/mol. The SMILES string of the molecule is [2H]c1c([2H])c([2H])c(C(O)(C(=O)OC([2H])([2H])C#CC([2H])([2H])N(CC)CC)C2CCCCC2)c([2H])c1[2H]. The van der Waals surface area contributed by atoms with E-state index in [1.807, 2.05) is 5.92 Å². The van der Waals surface area contributed by atoms with Gasteiger partial charge in [0.2, 0.25) is 0 Å². The lowest BCUT2D eigenvalue weighted by Crippen LogP contribution is -2.45. The van der Waals surface area contributed by atoms with Gasteiger partial charge in [0.15, 0.2) is 12.2 Å². The molecule has 1 aliphatic carbocycles. The maximum Gasteiger partial charge on any atom is 0.344 e. The minimum atomic E-state index is -3.02. The van der Waals surface area contributed by atoms with Crippen LogP contribution in [-0.2, 0) is 15.1 Å². The van der Waals surface area contributed by atoms with Crippen LogP contribution in [0.4, 0.5) is 0 Å². The lowest BCUT2D eigenvalue weighted by molar-refractivity contribution is -0.174. The maximum atomic E-state index is 13.3. The number of carbonyl (C=O) groups excluding carboxylic acids is 1. The molecule has 0 aliphatic heterocycles. The molecular weight excluding hydrogens is 326 g/mol. The van der Waals surface area contributed by atoms with Crippen LogP contribution in [0, 0.1) is 17.8 Å². The summed E-state index contributed by atoms with van der Waals surface area (Å²) in [6, 6.07) is -3.71. The molecule has 0 saturated heterocycles. The van der Waals surface area contributed by atoms with Gasteiger partial charge in [0.1, 0.15) is 0 Å². The highest BCUT2D eigenvalue weighted by Gasteiger charge is 2.46. The van der Waals surface area contributed by atoms with E-state index in [9.17, 15) is 9.90 Å². The summed E-state index contributed by atoms with van der Waals surface area (Å²) in [5.41, 5.74) is -3.39. The van der Waals surface area contributed by atoms with Crippen molar-refractivity contribution < 1.29 is 27.0 Å². The van der Waals surface area contributed by atoms with E-state index >= 15 is 0 Å². The van der Waals surface area contributed by atoms with Gasteiger partial charge in [0.25, 0.3) is 0 Å². The Morgan fingerprint density at radius 2 is 1.92 bits per heavy atom. The molecule has 1 unspecified atom stereocenters. The van der Waals surface area contributed by atoms with E-state index in [1.54, 1.807) is 13.8 Å². The first-order valence-electron chi connectivity index (χ1n) is 13.5. The standard InChI is InChI=1S/C22H31NO3/c1-3-23(4-2)17-11-12-18-26-21(24)22(25,19-13-7-5-8-14-19)20-15-9-6-10-16-20/h5,7-8,13-14,20,25H,3-4,6,9-10,15-18H2,1-2H3/i5D,7D,8D,13D,14D,17D2,18D2. The molecule has 4 nitrogen and oxygen atoms in total. The van der Waals surface area contributed by atoms with Gasteiger partial charge in [0, 0.05) is 5.92 Å². The summed E-state index contributed by atoms with van der Waals surface area (Å²) in [6.07, 6.45) is 2.67. The molecular formula is C22H31NO3. The summed E-state index contributed by atoms with van der Waals surface area (Å²) < 4.78 is 77.3. The Hall–Kier alpha value is -1.83. The Kier molecular flexibility index (Phi) is 4.42. The lowest BCUT2D eigenvalue weighted by Gasteiger charge is -2.36. The summed E-state index contributed by atoms with van der Waals surface area (Å²) in [7, 11) is 0. The van der Waals surface area contributed by atoms with E-state index in [-0.39, 0.29) is 0 Å². The Balaban J connectivity index is 2.57. The van der Waals surface area contributed by atoms with Crippen molar-refractivity contribution in [2.24, 2.45) is 5.92 Å². The van der Waals surface area contributed by atoms with E-state index in [0.717, 1.165) is 6.42 Å². The molecule has 26 heavy (non-hydrogen) atoms. The largest absolute Gasteiger partial charge is 0.450 e. The van der Waals surface area contributed by atoms with Gasteiger partial charge in [-0.2, -0.15) is 0 Å². The van der Waals surface area contributed by atoms with Crippen LogP contribution in [-0.4, -0.2) is 42.1 Å². The van der Waals surface area contributed by atoms with Crippen LogP contribution >= 0.6 is 0 Å². The first-order chi connectivity index (χ1) is 16.1. The van der Waals surface area contributed by atoms with Crippen LogP contribution in [0.25, 0.3) is 0 Å². The number of nitrogens with zero attached hydrogens (tertiary/aromatic N) is 1. The van der Waals surface area contributed by atoms with E-state index in [2.05, 4.69) is 5.92 Å². The van der Waals surface area contributed by atoms with Crippen molar-refractivity contribution in [3.63, 3.8) is 0 Å². The number of hydrogen-bond donors (Lipinski definition) is 1. The van der Waals surface area contributed by atoms with E-state index in [0.29, 0.717) is 38.8 Å². The van der Waals surface area contributed by atoms with Crippen molar-refractivity contribution in [1.29, 1.82) is 0 Å². The average Bonchev–Trinajstić information content (AvgIpc) is 2.81. The van der Waals surface area contributed by atoms with Crippen molar-refractivity contribution >= 4 is 5.97 Å². The Morgan fingerprint density at radius 1 is 1.27 bits per heavy atom. The smallest absolute Gasteiger partial charge is 0.344 e. The van der Waals surface area contributed by atoms with Crippen LogP contribution in [0.1, 0.15) is 63.9 Å². The minimum Gasteiger partial charge on any atom is -0.450 e. The monoisotopic (exact) mass is 366 g/mol. The molecule has 1 aromatic rings. The molecule has 1 atom stereocenters. The number of esters is 1.